The third kappa shape index (κ3) is 10.9. The summed E-state index contributed by atoms with van der Waals surface area (Å²) in [6.07, 6.45) is 0.741. The number of esters is 2. The fraction of sp³-hybridized carbons (Fsp3) is 0.163. The lowest BCUT2D eigenvalue weighted by atomic mass is 10.1. The van der Waals surface area contributed by atoms with E-state index in [2.05, 4.69) is 13.2 Å². The molecule has 0 aliphatic rings. The molecule has 0 saturated carbocycles. The van der Waals surface area contributed by atoms with Crippen LogP contribution in [0.1, 0.15) is 5.56 Å². The Kier molecular flexibility index (Phi) is 13.0. The van der Waals surface area contributed by atoms with Crippen LogP contribution < -0.4 is 18.9 Å². The molecular weight excluding hydrogens is 644 g/mol. The second kappa shape index (κ2) is 18.5. The van der Waals surface area contributed by atoms with Gasteiger partial charge in [-0.1, -0.05) is 104 Å². The average molecular weight is 685 g/mol. The summed E-state index contributed by atoms with van der Waals surface area (Å²) in [6, 6.07) is 40.8. The van der Waals surface area contributed by atoms with Crippen molar-refractivity contribution < 1.29 is 38.0 Å². The number of hydrogen-bond acceptors (Lipinski definition) is 8. The van der Waals surface area contributed by atoms with Crippen LogP contribution in [-0.2, 0) is 19.1 Å². The van der Waals surface area contributed by atoms with Gasteiger partial charge in [0.1, 0.15) is 49.4 Å². The molecule has 0 spiro atoms. The van der Waals surface area contributed by atoms with Gasteiger partial charge in [0, 0.05) is 17.7 Å². The SMILES string of the molecule is C=CC(=O)OC(COc1ccc(-c2ccccc2)cc1)COc1cccc(OCC(COc2ccc(-c3ccccc3)cc2)OC(=O)C=C)c1C. The maximum atomic E-state index is 12.1. The predicted octanol–water partition coefficient (Wildman–Crippen LogP) is 8.44. The first kappa shape index (κ1) is 36.0. The van der Waals surface area contributed by atoms with E-state index in [1.165, 1.54) is 0 Å². The monoisotopic (exact) mass is 684 g/mol. The van der Waals surface area contributed by atoms with E-state index in [0.29, 0.717) is 28.6 Å². The van der Waals surface area contributed by atoms with Gasteiger partial charge >= 0.3 is 11.9 Å². The zero-order valence-electron chi connectivity index (χ0n) is 28.4. The molecule has 2 unspecified atom stereocenters. The van der Waals surface area contributed by atoms with E-state index >= 15 is 0 Å². The molecule has 8 nitrogen and oxygen atoms in total. The molecule has 0 aliphatic carbocycles. The quantitative estimate of drug-likeness (QED) is 0.0671. The van der Waals surface area contributed by atoms with E-state index in [9.17, 15) is 9.59 Å². The Labute approximate surface area is 298 Å². The van der Waals surface area contributed by atoms with E-state index in [1.54, 1.807) is 18.2 Å². The van der Waals surface area contributed by atoms with Crippen molar-refractivity contribution in [3.05, 3.63) is 158 Å². The highest BCUT2D eigenvalue weighted by Crippen LogP contribution is 2.29. The number of carbonyl (C=O) groups is 2. The van der Waals surface area contributed by atoms with Crippen molar-refractivity contribution >= 4 is 11.9 Å². The van der Waals surface area contributed by atoms with E-state index in [0.717, 1.165) is 34.4 Å². The number of rotatable bonds is 18. The van der Waals surface area contributed by atoms with Gasteiger partial charge in [-0.2, -0.15) is 0 Å². The van der Waals surface area contributed by atoms with Crippen molar-refractivity contribution in [3.63, 3.8) is 0 Å². The van der Waals surface area contributed by atoms with Gasteiger partial charge in [-0.05, 0) is 65.6 Å². The highest BCUT2D eigenvalue weighted by molar-refractivity contribution is 5.81. The van der Waals surface area contributed by atoms with Crippen molar-refractivity contribution in [2.45, 2.75) is 19.1 Å². The second-order valence-electron chi connectivity index (χ2n) is 11.4. The van der Waals surface area contributed by atoms with Gasteiger partial charge in [0.05, 0.1) is 0 Å². The summed E-state index contributed by atoms with van der Waals surface area (Å²) in [5.41, 5.74) is 5.02. The molecule has 0 heterocycles. The van der Waals surface area contributed by atoms with E-state index in [1.807, 2.05) is 116 Å². The summed E-state index contributed by atoms with van der Waals surface area (Å²) in [4.78, 5) is 24.2. The van der Waals surface area contributed by atoms with Crippen molar-refractivity contribution in [2.24, 2.45) is 0 Å². The normalized spacial score (nSPS) is 11.7. The summed E-state index contributed by atoms with van der Waals surface area (Å²) in [5.74, 6) is 1.12. The lowest BCUT2D eigenvalue weighted by Crippen LogP contribution is -2.31. The fourth-order valence-electron chi connectivity index (χ4n) is 5.06. The van der Waals surface area contributed by atoms with Gasteiger partial charge in [-0.15, -0.1) is 0 Å². The highest BCUT2D eigenvalue weighted by atomic mass is 16.6. The van der Waals surface area contributed by atoms with Crippen LogP contribution in [-0.4, -0.2) is 50.6 Å². The Hall–Kier alpha value is -6.28. The first-order valence-corrected chi connectivity index (χ1v) is 16.5. The van der Waals surface area contributed by atoms with Crippen molar-refractivity contribution in [1.82, 2.24) is 0 Å². The zero-order valence-corrected chi connectivity index (χ0v) is 28.4. The molecule has 260 valence electrons. The van der Waals surface area contributed by atoms with Crippen molar-refractivity contribution in [3.8, 4) is 45.3 Å². The Morgan fingerprint density at radius 1 is 0.490 bits per heavy atom. The zero-order chi connectivity index (χ0) is 35.8. The highest BCUT2D eigenvalue weighted by Gasteiger charge is 2.19. The Morgan fingerprint density at radius 2 is 0.843 bits per heavy atom. The maximum absolute atomic E-state index is 12.1. The van der Waals surface area contributed by atoms with E-state index in [4.69, 9.17) is 28.4 Å². The first-order chi connectivity index (χ1) is 24.9. The molecule has 5 rings (SSSR count). The number of benzene rings is 5. The average Bonchev–Trinajstić information content (AvgIpc) is 3.18. The van der Waals surface area contributed by atoms with Crippen molar-refractivity contribution in [2.75, 3.05) is 26.4 Å². The number of hydrogen-bond donors (Lipinski definition) is 0. The van der Waals surface area contributed by atoms with Gasteiger partial charge in [-0.3, -0.25) is 0 Å². The minimum atomic E-state index is -0.727. The summed E-state index contributed by atoms with van der Waals surface area (Å²) >= 11 is 0. The molecule has 0 aliphatic heterocycles. The minimum Gasteiger partial charge on any atom is -0.490 e. The van der Waals surface area contributed by atoms with E-state index in [-0.39, 0.29) is 26.4 Å². The van der Waals surface area contributed by atoms with Gasteiger partial charge in [-0.25, -0.2) is 9.59 Å². The van der Waals surface area contributed by atoms with Gasteiger partial charge in [0.25, 0.3) is 0 Å². The Bertz CT molecular complexity index is 1730. The molecule has 5 aromatic rings. The lowest BCUT2D eigenvalue weighted by Gasteiger charge is -2.21. The molecule has 0 bridgehead atoms. The topological polar surface area (TPSA) is 89.5 Å². The molecule has 0 aromatic heterocycles. The summed E-state index contributed by atoms with van der Waals surface area (Å²) < 4.78 is 35.1. The molecule has 0 N–H and O–H groups in total. The van der Waals surface area contributed by atoms with E-state index < -0.39 is 24.1 Å². The second-order valence-corrected chi connectivity index (χ2v) is 11.4. The van der Waals surface area contributed by atoms with Crippen molar-refractivity contribution in [1.29, 1.82) is 0 Å². The summed E-state index contributed by atoms with van der Waals surface area (Å²) in [7, 11) is 0. The third-order valence-corrected chi connectivity index (χ3v) is 7.78. The van der Waals surface area contributed by atoms with Crippen LogP contribution in [0, 0.1) is 6.92 Å². The molecule has 0 saturated heterocycles. The van der Waals surface area contributed by atoms with Crippen LogP contribution in [0.3, 0.4) is 0 Å². The maximum Gasteiger partial charge on any atom is 0.330 e. The minimum absolute atomic E-state index is 0.0163. The van der Waals surface area contributed by atoms with Crippen LogP contribution >= 0.6 is 0 Å². The molecule has 5 aromatic carbocycles. The van der Waals surface area contributed by atoms with Gasteiger partial charge < -0.3 is 28.4 Å². The van der Waals surface area contributed by atoms with Crippen LogP contribution in [0.4, 0.5) is 0 Å². The summed E-state index contributed by atoms with van der Waals surface area (Å²) in [5, 5.41) is 0. The predicted molar refractivity (Wildman–Crippen MR) is 197 cm³/mol. The van der Waals surface area contributed by atoms with Crippen LogP contribution in [0.15, 0.2) is 153 Å². The Morgan fingerprint density at radius 3 is 1.22 bits per heavy atom. The Balaban J connectivity index is 1.17. The molecule has 2 atom stereocenters. The third-order valence-electron chi connectivity index (χ3n) is 7.78. The number of carbonyl (C=O) groups excluding carboxylic acids is 2. The fourth-order valence-corrected chi connectivity index (χ4v) is 5.06. The van der Waals surface area contributed by atoms with Gasteiger partial charge in [0.2, 0.25) is 0 Å². The molecule has 0 fully saturated rings. The van der Waals surface area contributed by atoms with Crippen LogP contribution in [0.5, 0.6) is 23.0 Å². The molecule has 8 heteroatoms. The van der Waals surface area contributed by atoms with Gasteiger partial charge in [0.15, 0.2) is 12.2 Å². The molecular formula is C43H40O8. The van der Waals surface area contributed by atoms with Crippen LogP contribution in [0.25, 0.3) is 22.3 Å². The smallest absolute Gasteiger partial charge is 0.330 e. The standard InChI is InChI=1S/C43H40O8/c1-4-42(44)50-38(27-46-36-23-19-34(20-24-36)32-13-8-6-9-14-32)29-48-40-17-12-18-41(31(40)3)49-30-39(51-43(45)5-2)28-47-37-25-21-35(22-26-37)33-15-10-7-11-16-33/h4-26,38-39H,1-2,27-30H2,3H3. The lowest BCUT2D eigenvalue weighted by molar-refractivity contribution is -0.146. The molecule has 0 amide bonds. The molecule has 0 radical (unpaired) electrons. The largest absolute Gasteiger partial charge is 0.490 e. The number of ether oxygens (including phenoxy) is 6. The molecule has 51 heavy (non-hydrogen) atoms. The van der Waals surface area contributed by atoms with Crippen LogP contribution in [0.2, 0.25) is 0 Å². The summed E-state index contributed by atoms with van der Waals surface area (Å²) in [6.45, 7) is 8.99. The first-order valence-electron chi connectivity index (χ1n) is 16.5.